The van der Waals surface area contributed by atoms with Gasteiger partial charge in [0.05, 0.1) is 22.0 Å². The molecule has 0 N–H and O–H groups in total. The lowest BCUT2D eigenvalue weighted by Crippen LogP contribution is -2.23. The number of hydrogen-bond donors (Lipinski definition) is 0. The molecule has 0 bridgehead atoms. The van der Waals surface area contributed by atoms with Crippen LogP contribution in [0.2, 0.25) is 0 Å². The van der Waals surface area contributed by atoms with Crippen molar-refractivity contribution in [3.05, 3.63) is 105 Å². The number of halogens is 3. The van der Waals surface area contributed by atoms with E-state index in [1.165, 1.54) is 17.0 Å². The molecule has 4 aromatic rings. The molecule has 0 aliphatic rings. The molecule has 0 saturated heterocycles. The molecule has 0 aliphatic heterocycles. The lowest BCUT2D eigenvalue weighted by atomic mass is 10.1. The summed E-state index contributed by atoms with van der Waals surface area (Å²) in [4.78, 5) is 29.5. The highest BCUT2D eigenvalue weighted by Crippen LogP contribution is 2.34. The molecule has 11 heteroatoms. The van der Waals surface area contributed by atoms with E-state index in [0.717, 1.165) is 20.9 Å². The van der Waals surface area contributed by atoms with Crippen molar-refractivity contribution in [2.45, 2.75) is 32.8 Å². The number of aromatic nitrogens is 2. The SMILES string of the molecule is CC[C@H](C)c1nc2ccc(Br)cc2c(=O)n1N=Cc1cc(Br)cc([N+](=O)[O-])c1OCc1ccc(Br)cc1. The highest BCUT2D eigenvalue weighted by atomic mass is 79.9. The normalized spacial score (nSPS) is 12.2. The van der Waals surface area contributed by atoms with Gasteiger partial charge in [0, 0.05) is 31.0 Å². The minimum absolute atomic E-state index is 0.0505. The summed E-state index contributed by atoms with van der Waals surface area (Å²) >= 11 is 10.1. The van der Waals surface area contributed by atoms with Crippen molar-refractivity contribution in [2.24, 2.45) is 5.10 Å². The van der Waals surface area contributed by atoms with Gasteiger partial charge in [-0.3, -0.25) is 14.9 Å². The van der Waals surface area contributed by atoms with Crippen LogP contribution in [0.1, 0.15) is 43.1 Å². The molecule has 1 heterocycles. The number of nitro benzene ring substituents is 1. The van der Waals surface area contributed by atoms with Gasteiger partial charge in [0.25, 0.3) is 5.56 Å². The van der Waals surface area contributed by atoms with Gasteiger partial charge in [-0.15, -0.1) is 0 Å². The predicted molar refractivity (Wildman–Crippen MR) is 155 cm³/mol. The summed E-state index contributed by atoms with van der Waals surface area (Å²) in [5, 5.41) is 16.7. The van der Waals surface area contributed by atoms with Gasteiger partial charge in [-0.1, -0.05) is 73.8 Å². The van der Waals surface area contributed by atoms with Crippen LogP contribution in [0.4, 0.5) is 5.69 Å². The van der Waals surface area contributed by atoms with E-state index in [-0.39, 0.29) is 29.5 Å². The zero-order chi connectivity index (χ0) is 26.7. The van der Waals surface area contributed by atoms with Crippen LogP contribution < -0.4 is 10.3 Å². The van der Waals surface area contributed by atoms with E-state index >= 15 is 0 Å². The van der Waals surface area contributed by atoms with Crippen LogP contribution in [0, 0.1) is 10.1 Å². The van der Waals surface area contributed by atoms with Crippen molar-refractivity contribution >= 4 is 70.6 Å². The molecule has 0 unspecified atom stereocenters. The van der Waals surface area contributed by atoms with Crippen LogP contribution in [0.15, 0.2) is 77.9 Å². The highest BCUT2D eigenvalue weighted by molar-refractivity contribution is 9.11. The van der Waals surface area contributed by atoms with Crippen LogP contribution >= 0.6 is 47.8 Å². The molecule has 4 rings (SSSR count). The summed E-state index contributed by atoms with van der Waals surface area (Å²) in [6.45, 7) is 4.08. The Balaban J connectivity index is 1.83. The Morgan fingerprint density at radius 3 is 2.46 bits per heavy atom. The van der Waals surface area contributed by atoms with Crippen molar-refractivity contribution < 1.29 is 9.66 Å². The Hall–Kier alpha value is -2.89. The monoisotopic (exact) mass is 690 g/mol. The Labute approximate surface area is 237 Å². The van der Waals surface area contributed by atoms with Gasteiger partial charge >= 0.3 is 5.69 Å². The Morgan fingerprint density at radius 1 is 1.08 bits per heavy atom. The number of ether oxygens (including phenoxy) is 1. The third-order valence-electron chi connectivity index (χ3n) is 5.75. The van der Waals surface area contributed by atoms with Gasteiger partial charge in [0.1, 0.15) is 12.4 Å². The molecule has 1 atom stereocenters. The maximum Gasteiger partial charge on any atom is 0.312 e. The summed E-state index contributed by atoms with van der Waals surface area (Å²) in [6, 6.07) is 15.8. The van der Waals surface area contributed by atoms with E-state index in [0.29, 0.717) is 26.8 Å². The van der Waals surface area contributed by atoms with E-state index in [2.05, 4.69) is 52.9 Å². The Kier molecular flexibility index (Phi) is 8.56. The second kappa shape index (κ2) is 11.7. The first-order valence-electron chi connectivity index (χ1n) is 11.3. The van der Waals surface area contributed by atoms with Gasteiger partial charge < -0.3 is 4.74 Å². The molecule has 0 radical (unpaired) electrons. The van der Waals surface area contributed by atoms with E-state index in [4.69, 9.17) is 9.72 Å². The molecular weight excluding hydrogens is 672 g/mol. The number of rotatable bonds is 8. The Bertz CT molecular complexity index is 1570. The zero-order valence-corrected chi connectivity index (χ0v) is 24.6. The van der Waals surface area contributed by atoms with Gasteiger partial charge in [0.2, 0.25) is 5.75 Å². The maximum atomic E-state index is 13.4. The molecule has 3 aromatic carbocycles. The van der Waals surface area contributed by atoms with E-state index < -0.39 is 4.92 Å². The van der Waals surface area contributed by atoms with Gasteiger partial charge in [-0.25, -0.2) is 4.98 Å². The second-order valence-electron chi connectivity index (χ2n) is 8.32. The van der Waals surface area contributed by atoms with Crippen LogP contribution in [-0.2, 0) is 6.61 Å². The smallest absolute Gasteiger partial charge is 0.312 e. The average molecular weight is 693 g/mol. The first-order valence-corrected chi connectivity index (χ1v) is 13.7. The lowest BCUT2D eigenvalue weighted by molar-refractivity contribution is -0.386. The molecule has 1 aromatic heterocycles. The quantitative estimate of drug-likeness (QED) is 0.108. The lowest BCUT2D eigenvalue weighted by Gasteiger charge is -2.14. The molecule has 0 spiro atoms. The first-order chi connectivity index (χ1) is 17.7. The average Bonchev–Trinajstić information content (AvgIpc) is 2.87. The fourth-order valence-electron chi connectivity index (χ4n) is 3.62. The topological polar surface area (TPSA) is 99.6 Å². The fraction of sp³-hybridized carbons (Fsp3) is 0.192. The standard InChI is InChI=1S/C26H21Br3N4O4/c1-3-15(2)25-31-22-9-8-19(28)11-21(22)26(34)32(25)30-13-17-10-20(29)12-23(33(35)36)24(17)37-14-16-4-6-18(27)7-5-16/h4-13,15H,3,14H2,1-2H3/t15-/m0/s1. The molecule has 0 aliphatic carbocycles. The minimum Gasteiger partial charge on any atom is -0.481 e. The molecule has 0 amide bonds. The first kappa shape index (κ1) is 27.2. The summed E-state index contributed by atoms with van der Waals surface area (Å²) < 4.78 is 9.33. The highest BCUT2D eigenvalue weighted by Gasteiger charge is 2.21. The second-order valence-corrected chi connectivity index (χ2v) is 11.1. The van der Waals surface area contributed by atoms with E-state index in [1.54, 1.807) is 18.2 Å². The summed E-state index contributed by atoms with van der Waals surface area (Å²) in [5.41, 5.74) is 1.20. The summed E-state index contributed by atoms with van der Waals surface area (Å²) in [6.07, 6.45) is 2.14. The zero-order valence-electron chi connectivity index (χ0n) is 19.8. The third kappa shape index (κ3) is 6.16. The van der Waals surface area contributed by atoms with Crippen molar-refractivity contribution in [1.82, 2.24) is 9.66 Å². The number of benzene rings is 3. The van der Waals surface area contributed by atoms with Crippen LogP contribution in [0.5, 0.6) is 5.75 Å². The van der Waals surface area contributed by atoms with E-state index in [1.807, 2.05) is 44.2 Å². The van der Waals surface area contributed by atoms with Crippen molar-refractivity contribution in [3.63, 3.8) is 0 Å². The van der Waals surface area contributed by atoms with Crippen LogP contribution in [0.3, 0.4) is 0 Å². The minimum atomic E-state index is -0.509. The third-order valence-corrected chi connectivity index (χ3v) is 7.23. The van der Waals surface area contributed by atoms with Crippen molar-refractivity contribution in [1.29, 1.82) is 0 Å². The summed E-state index contributed by atoms with van der Waals surface area (Å²) in [5.74, 6) is 0.498. The van der Waals surface area contributed by atoms with Gasteiger partial charge in [0.15, 0.2) is 0 Å². The van der Waals surface area contributed by atoms with Crippen molar-refractivity contribution in [2.75, 3.05) is 0 Å². The van der Waals surface area contributed by atoms with Crippen molar-refractivity contribution in [3.8, 4) is 5.75 Å². The Morgan fingerprint density at radius 2 is 1.78 bits per heavy atom. The molecule has 0 saturated carbocycles. The largest absolute Gasteiger partial charge is 0.481 e. The van der Waals surface area contributed by atoms with Crippen LogP contribution in [-0.4, -0.2) is 20.8 Å². The molecule has 0 fully saturated rings. The maximum absolute atomic E-state index is 13.4. The fourth-order valence-corrected chi connectivity index (χ4v) is 4.71. The number of nitrogens with zero attached hydrogens (tertiary/aromatic N) is 4. The van der Waals surface area contributed by atoms with E-state index in [9.17, 15) is 14.9 Å². The molecule has 190 valence electrons. The number of fused-ring (bicyclic) bond motifs is 1. The predicted octanol–water partition coefficient (Wildman–Crippen LogP) is 7.57. The number of hydrogen-bond acceptors (Lipinski definition) is 6. The van der Waals surface area contributed by atoms with Gasteiger partial charge in [-0.2, -0.15) is 9.78 Å². The van der Waals surface area contributed by atoms with Gasteiger partial charge in [-0.05, 0) is 48.4 Å². The number of nitro groups is 1. The summed E-state index contributed by atoms with van der Waals surface area (Å²) in [7, 11) is 0. The molecular formula is C26H21Br3N4O4. The molecule has 37 heavy (non-hydrogen) atoms. The molecule has 8 nitrogen and oxygen atoms in total. The van der Waals surface area contributed by atoms with Crippen LogP contribution in [0.25, 0.3) is 10.9 Å².